The minimum Gasteiger partial charge on any atom is -0.459 e. The lowest BCUT2D eigenvalue weighted by Gasteiger charge is -2.05. The first-order valence-corrected chi connectivity index (χ1v) is 4.88. The largest absolute Gasteiger partial charge is 0.459 e. The maximum absolute atomic E-state index is 11.6. The second-order valence-corrected chi connectivity index (χ2v) is 3.50. The fourth-order valence-electron chi connectivity index (χ4n) is 1.35. The Morgan fingerprint density at radius 3 is 2.81 bits per heavy atom. The average molecular weight is 216 g/mol. The zero-order valence-corrected chi connectivity index (χ0v) is 8.86. The highest BCUT2D eigenvalue weighted by Crippen LogP contribution is 2.17. The van der Waals surface area contributed by atoms with E-state index < -0.39 is 0 Å². The highest BCUT2D eigenvalue weighted by molar-refractivity contribution is 6.02. The minimum absolute atomic E-state index is 0.269. The number of amides is 1. The number of carbonyl (C=O) groups is 1. The average Bonchev–Trinajstić information content (AvgIpc) is 2.77. The quantitative estimate of drug-likeness (QED) is 0.757. The van der Waals surface area contributed by atoms with Gasteiger partial charge in [0.15, 0.2) is 5.76 Å². The van der Waals surface area contributed by atoms with Gasteiger partial charge in [0.2, 0.25) is 0 Å². The Bertz CT molecular complexity index is 504. The predicted octanol–water partition coefficient (Wildman–Crippen LogP) is 2.42. The Kier molecular flexibility index (Phi) is 2.64. The van der Waals surface area contributed by atoms with Gasteiger partial charge in [-0.25, -0.2) is 0 Å². The number of carbonyl (C=O) groups excluding carboxylic acids is 1. The summed E-state index contributed by atoms with van der Waals surface area (Å²) in [6.07, 6.45) is 1.46. The molecule has 0 unspecified atom stereocenters. The zero-order valence-electron chi connectivity index (χ0n) is 8.86. The summed E-state index contributed by atoms with van der Waals surface area (Å²) in [5.74, 6) is 0.0173. The molecular formula is C12H12N2O2. The van der Waals surface area contributed by atoms with Crippen LogP contribution in [0.2, 0.25) is 0 Å². The summed E-state index contributed by atoms with van der Waals surface area (Å²) in [6.45, 7) is 1.89. The van der Waals surface area contributed by atoms with Crippen LogP contribution in [0, 0.1) is 6.92 Å². The van der Waals surface area contributed by atoms with Gasteiger partial charge < -0.3 is 15.5 Å². The molecule has 3 N–H and O–H groups in total. The van der Waals surface area contributed by atoms with E-state index in [-0.39, 0.29) is 11.7 Å². The van der Waals surface area contributed by atoms with E-state index in [0.717, 1.165) is 5.56 Å². The molecule has 0 saturated heterocycles. The first kappa shape index (κ1) is 10.3. The SMILES string of the molecule is Cc1cc(NC(=O)c2ccco2)ccc1N. The number of furan rings is 1. The van der Waals surface area contributed by atoms with E-state index in [1.807, 2.05) is 13.0 Å². The molecule has 82 valence electrons. The third-order valence-electron chi connectivity index (χ3n) is 2.27. The van der Waals surface area contributed by atoms with Crippen LogP contribution < -0.4 is 11.1 Å². The lowest BCUT2D eigenvalue weighted by atomic mass is 10.2. The summed E-state index contributed by atoms with van der Waals surface area (Å²) < 4.78 is 4.98. The molecule has 1 heterocycles. The fourth-order valence-corrected chi connectivity index (χ4v) is 1.35. The van der Waals surface area contributed by atoms with Gasteiger partial charge in [-0.05, 0) is 42.8 Å². The Balaban J connectivity index is 2.15. The number of hydrogen-bond donors (Lipinski definition) is 2. The van der Waals surface area contributed by atoms with Gasteiger partial charge in [-0.3, -0.25) is 4.79 Å². The van der Waals surface area contributed by atoms with Crippen molar-refractivity contribution in [3.8, 4) is 0 Å². The highest BCUT2D eigenvalue weighted by Gasteiger charge is 2.08. The Hall–Kier alpha value is -2.23. The van der Waals surface area contributed by atoms with E-state index in [1.165, 1.54) is 6.26 Å². The summed E-state index contributed by atoms with van der Waals surface area (Å²) in [4.78, 5) is 11.6. The Labute approximate surface area is 93.1 Å². The molecule has 0 spiro atoms. The molecule has 2 aromatic rings. The molecular weight excluding hydrogens is 204 g/mol. The number of nitrogens with one attached hydrogen (secondary N) is 1. The Morgan fingerprint density at radius 1 is 1.38 bits per heavy atom. The normalized spacial score (nSPS) is 10.1. The minimum atomic E-state index is -0.269. The number of benzene rings is 1. The number of nitrogen functional groups attached to an aromatic ring is 1. The molecule has 1 amide bonds. The van der Waals surface area contributed by atoms with Crippen molar-refractivity contribution in [1.82, 2.24) is 0 Å². The van der Waals surface area contributed by atoms with Crippen molar-refractivity contribution in [2.24, 2.45) is 0 Å². The Morgan fingerprint density at radius 2 is 2.19 bits per heavy atom. The molecule has 4 nitrogen and oxygen atoms in total. The predicted molar refractivity (Wildman–Crippen MR) is 62.3 cm³/mol. The molecule has 0 fully saturated rings. The first-order chi connectivity index (χ1) is 7.66. The smallest absolute Gasteiger partial charge is 0.291 e. The molecule has 0 aliphatic rings. The monoisotopic (exact) mass is 216 g/mol. The van der Waals surface area contributed by atoms with Gasteiger partial charge in [0.25, 0.3) is 5.91 Å². The molecule has 4 heteroatoms. The number of rotatable bonds is 2. The van der Waals surface area contributed by atoms with Gasteiger partial charge in [-0.15, -0.1) is 0 Å². The van der Waals surface area contributed by atoms with Crippen LogP contribution in [-0.2, 0) is 0 Å². The molecule has 2 rings (SSSR count). The van der Waals surface area contributed by atoms with Crippen LogP contribution in [0.5, 0.6) is 0 Å². The van der Waals surface area contributed by atoms with Gasteiger partial charge in [-0.1, -0.05) is 0 Å². The van der Waals surface area contributed by atoms with Gasteiger partial charge >= 0.3 is 0 Å². The van der Waals surface area contributed by atoms with Crippen molar-refractivity contribution < 1.29 is 9.21 Å². The van der Waals surface area contributed by atoms with Crippen molar-refractivity contribution in [2.75, 3.05) is 11.1 Å². The fraction of sp³-hybridized carbons (Fsp3) is 0.0833. The van der Waals surface area contributed by atoms with Crippen LogP contribution in [0.3, 0.4) is 0 Å². The maximum Gasteiger partial charge on any atom is 0.291 e. The second kappa shape index (κ2) is 4.10. The van der Waals surface area contributed by atoms with Gasteiger partial charge in [0.05, 0.1) is 6.26 Å². The molecule has 0 saturated carbocycles. The lowest BCUT2D eigenvalue weighted by molar-refractivity contribution is 0.0996. The third kappa shape index (κ3) is 2.06. The molecule has 0 bridgehead atoms. The van der Waals surface area contributed by atoms with Gasteiger partial charge in [-0.2, -0.15) is 0 Å². The summed E-state index contributed by atoms with van der Waals surface area (Å²) in [5.41, 5.74) is 8.02. The van der Waals surface area contributed by atoms with Gasteiger partial charge in [0, 0.05) is 11.4 Å². The van der Waals surface area contributed by atoms with Crippen molar-refractivity contribution in [3.63, 3.8) is 0 Å². The lowest BCUT2D eigenvalue weighted by Crippen LogP contribution is -2.11. The van der Waals surface area contributed by atoms with E-state index in [2.05, 4.69) is 5.32 Å². The summed E-state index contributed by atoms with van der Waals surface area (Å²) in [6, 6.07) is 8.61. The number of anilines is 2. The van der Waals surface area contributed by atoms with Crippen molar-refractivity contribution in [2.45, 2.75) is 6.92 Å². The first-order valence-electron chi connectivity index (χ1n) is 4.88. The molecule has 0 aliphatic carbocycles. The van der Waals surface area contributed by atoms with Crippen LogP contribution in [0.4, 0.5) is 11.4 Å². The van der Waals surface area contributed by atoms with Crippen LogP contribution in [0.1, 0.15) is 16.1 Å². The van der Waals surface area contributed by atoms with E-state index in [9.17, 15) is 4.79 Å². The van der Waals surface area contributed by atoms with Crippen molar-refractivity contribution in [3.05, 3.63) is 47.9 Å². The molecule has 0 radical (unpaired) electrons. The van der Waals surface area contributed by atoms with Crippen LogP contribution in [0.15, 0.2) is 41.0 Å². The van der Waals surface area contributed by atoms with Crippen LogP contribution in [0.25, 0.3) is 0 Å². The molecule has 1 aromatic carbocycles. The van der Waals surface area contributed by atoms with Crippen LogP contribution in [-0.4, -0.2) is 5.91 Å². The molecule has 16 heavy (non-hydrogen) atoms. The van der Waals surface area contributed by atoms with Crippen molar-refractivity contribution >= 4 is 17.3 Å². The third-order valence-corrected chi connectivity index (χ3v) is 2.27. The highest BCUT2D eigenvalue weighted by atomic mass is 16.3. The van der Waals surface area contributed by atoms with Gasteiger partial charge in [0.1, 0.15) is 0 Å². The number of hydrogen-bond acceptors (Lipinski definition) is 3. The summed E-state index contributed by atoms with van der Waals surface area (Å²) >= 11 is 0. The van der Waals surface area contributed by atoms with E-state index in [1.54, 1.807) is 24.3 Å². The molecule has 0 atom stereocenters. The van der Waals surface area contributed by atoms with E-state index >= 15 is 0 Å². The molecule has 0 aliphatic heterocycles. The van der Waals surface area contributed by atoms with E-state index in [4.69, 9.17) is 10.2 Å². The maximum atomic E-state index is 11.6. The van der Waals surface area contributed by atoms with Crippen LogP contribution >= 0.6 is 0 Å². The summed E-state index contributed by atoms with van der Waals surface area (Å²) in [5, 5.41) is 2.72. The number of nitrogens with two attached hydrogens (primary N) is 1. The standard InChI is InChI=1S/C12H12N2O2/c1-8-7-9(4-5-10(8)13)14-12(15)11-3-2-6-16-11/h2-7H,13H2,1H3,(H,14,15). The topological polar surface area (TPSA) is 68.3 Å². The zero-order chi connectivity index (χ0) is 11.5. The second-order valence-electron chi connectivity index (χ2n) is 3.50. The molecule has 1 aromatic heterocycles. The van der Waals surface area contributed by atoms with Crippen molar-refractivity contribution in [1.29, 1.82) is 0 Å². The number of aryl methyl sites for hydroxylation is 1. The van der Waals surface area contributed by atoms with E-state index in [0.29, 0.717) is 11.4 Å². The summed E-state index contributed by atoms with van der Waals surface area (Å²) in [7, 11) is 0.